The average molecular weight is 464 g/mol. The second-order valence-electron chi connectivity index (χ2n) is 8.12. The molecule has 0 aliphatic carbocycles. The molecule has 0 aliphatic rings. The van der Waals surface area contributed by atoms with E-state index in [4.69, 9.17) is 9.47 Å². The molecule has 0 unspecified atom stereocenters. The van der Waals surface area contributed by atoms with E-state index in [9.17, 15) is 5.26 Å². The molecule has 0 amide bonds. The van der Waals surface area contributed by atoms with Gasteiger partial charge >= 0.3 is 0 Å². The fraction of sp³-hybridized carbons (Fsp3) is 0.483. The maximum atomic E-state index is 9.96. The van der Waals surface area contributed by atoms with Crippen LogP contribution in [0.1, 0.15) is 52.2 Å². The lowest BCUT2D eigenvalue weighted by molar-refractivity contribution is 0.223. The predicted octanol–water partition coefficient (Wildman–Crippen LogP) is 5.97. The van der Waals surface area contributed by atoms with Crippen molar-refractivity contribution < 1.29 is 9.47 Å². The van der Waals surface area contributed by atoms with E-state index in [0.29, 0.717) is 18.8 Å². The molecule has 184 valence electrons. The molecule has 0 saturated heterocycles. The van der Waals surface area contributed by atoms with Crippen LogP contribution in [-0.2, 0) is 0 Å². The summed E-state index contributed by atoms with van der Waals surface area (Å²) in [7, 11) is 0. The number of allylic oxidation sites excluding steroid dienone is 2. The molecule has 2 aromatic carbocycles. The molecule has 2 rings (SSSR count). The Morgan fingerprint density at radius 2 is 1.09 bits per heavy atom. The van der Waals surface area contributed by atoms with Crippen molar-refractivity contribution in [3.63, 3.8) is 0 Å². The first-order chi connectivity index (χ1) is 16.6. The summed E-state index contributed by atoms with van der Waals surface area (Å²) in [6, 6.07) is 18.4. The number of nitrogens with zero attached hydrogens (tertiary/aromatic N) is 3. The van der Waals surface area contributed by atoms with Crippen LogP contribution in [-0.4, -0.2) is 62.3 Å². The molecule has 5 heteroatoms. The molecule has 0 radical (unpaired) electrons. The molecule has 0 fully saturated rings. The van der Waals surface area contributed by atoms with Gasteiger partial charge in [-0.25, -0.2) is 0 Å². The van der Waals surface area contributed by atoms with Crippen molar-refractivity contribution in [2.75, 3.05) is 52.5 Å². The van der Waals surface area contributed by atoms with E-state index in [1.165, 1.54) is 0 Å². The molecule has 5 nitrogen and oxygen atoms in total. The van der Waals surface area contributed by atoms with Gasteiger partial charge in [-0.15, -0.1) is 0 Å². The van der Waals surface area contributed by atoms with E-state index < -0.39 is 0 Å². The van der Waals surface area contributed by atoms with Gasteiger partial charge in [0, 0.05) is 13.1 Å². The van der Waals surface area contributed by atoms with Crippen molar-refractivity contribution in [1.29, 1.82) is 5.26 Å². The van der Waals surface area contributed by atoms with E-state index in [-0.39, 0.29) is 0 Å². The van der Waals surface area contributed by atoms with Crippen molar-refractivity contribution >= 4 is 11.1 Å². The topological polar surface area (TPSA) is 48.7 Å². The van der Waals surface area contributed by atoms with Crippen LogP contribution < -0.4 is 9.47 Å². The SMILES string of the molecule is CC/C(=C(/C#N)c1ccc(OCCN(CC)CC)cc1)c1ccc(OCCN(CC)CC)cc1. The maximum absolute atomic E-state index is 9.96. The second-order valence-corrected chi connectivity index (χ2v) is 8.12. The van der Waals surface area contributed by atoms with Crippen LogP contribution in [0.4, 0.5) is 0 Å². The lowest BCUT2D eigenvalue weighted by Crippen LogP contribution is -2.27. The number of ether oxygens (including phenoxy) is 2. The molecule has 2 aromatic rings. The molecule has 0 aliphatic heterocycles. The number of hydrogen-bond donors (Lipinski definition) is 0. The lowest BCUT2D eigenvalue weighted by Gasteiger charge is -2.18. The van der Waals surface area contributed by atoms with E-state index in [0.717, 1.165) is 73.9 Å². The molecule has 0 spiro atoms. The molecule has 0 saturated carbocycles. The third-order valence-corrected chi connectivity index (χ3v) is 6.25. The molecule has 0 heterocycles. The summed E-state index contributed by atoms with van der Waals surface area (Å²) in [5.74, 6) is 1.69. The van der Waals surface area contributed by atoms with Gasteiger partial charge in [-0.1, -0.05) is 46.8 Å². The van der Waals surface area contributed by atoms with Gasteiger partial charge in [0.05, 0.1) is 5.57 Å². The highest BCUT2D eigenvalue weighted by Crippen LogP contribution is 2.30. The lowest BCUT2D eigenvalue weighted by atomic mass is 9.93. The van der Waals surface area contributed by atoms with Crippen molar-refractivity contribution in [3.05, 3.63) is 59.7 Å². The molecular weight excluding hydrogens is 422 g/mol. The van der Waals surface area contributed by atoms with Crippen LogP contribution >= 0.6 is 0 Å². The van der Waals surface area contributed by atoms with Crippen LogP contribution in [0.2, 0.25) is 0 Å². The summed E-state index contributed by atoms with van der Waals surface area (Å²) in [5.41, 5.74) is 3.70. The van der Waals surface area contributed by atoms with Crippen molar-refractivity contribution in [2.45, 2.75) is 41.0 Å². The van der Waals surface area contributed by atoms with Gasteiger partial charge in [0.25, 0.3) is 0 Å². The van der Waals surface area contributed by atoms with Crippen molar-refractivity contribution in [2.24, 2.45) is 0 Å². The number of nitriles is 1. The van der Waals surface area contributed by atoms with Crippen LogP contribution in [0.25, 0.3) is 11.1 Å². The monoisotopic (exact) mass is 463 g/mol. The smallest absolute Gasteiger partial charge is 0.119 e. The highest BCUT2D eigenvalue weighted by Gasteiger charge is 2.11. The minimum absolute atomic E-state index is 0.658. The highest BCUT2D eigenvalue weighted by atomic mass is 16.5. The van der Waals surface area contributed by atoms with E-state index >= 15 is 0 Å². The molecular formula is C29H41N3O2. The van der Waals surface area contributed by atoms with Crippen LogP contribution in [0.3, 0.4) is 0 Å². The fourth-order valence-corrected chi connectivity index (χ4v) is 3.97. The maximum Gasteiger partial charge on any atom is 0.119 e. The summed E-state index contributed by atoms with van der Waals surface area (Å²) >= 11 is 0. The fourth-order valence-electron chi connectivity index (χ4n) is 3.97. The first kappa shape index (κ1) is 27.4. The Balaban J connectivity index is 2.08. The quantitative estimate of drug-likeness (QED) is 0.240. The van der Waals surface area contributed by atoms with Crippen molar-refractivity contribution in [3.8, 4) is 17.6 Å². The predicted molar refractivity (Wildman–Crippen MR) is 142 cm³/mol. The van der Waals surface area contributed by atoms with Gasteiger partial charge in [-0.05, 0) is 85.7 Å². The third-order valence-electron chi connectivity index (χ3n) is 6.25. The number of benzene rings is 2. The zero-order valence-corrected chi connectivity index (χ0v) is 21.6. The molecule has 0 bridgehead atoms. The van der Waals surface area contributed by atoms with Gasteiger partial charge in [-0.2, -0.15) is 5.26 Å². The first-order valence-corrected chi connectivity index (χ1v) is 12.6. The molecule has 0 atom stereocenters. The molecule has 0 N–H and O–H groups in total. The number of hydrogen-bond acceptors (Lipinski definition) is 5. The van der Waals surface area contributed by atoms with Gasteiger partial charge in [0.2, 0.25) is 0 Å². The molecule has 0 aromatic heterocycles. The number of likely N-dealkylation sites (N-methyl/N-ethyl adjacent to an activating group) is 2. The third kappa shape index (κ3) is 8.20. The Morgan fingerprint density at radius 1 is 0.676 bits per heavy atom. The highest BCUT2D eigenvalue weighted by molar-refractivity contribution is 5.97. The summed E-state index contributed by atoms with van der Waals surface area (Å²) in [4.78, 5) is 4.67. The largest absolute Gasteiger partial charge is 0.492 e. The minimum atomic E-state index is 0.658. The van der Waals surface area contributed by atoms with Gasteiger partial charge < -0.3 is 19.3 Å². The Morgan fingerprint density at radius 3 is 1.44 bits per heavy atom. The van der Waals surface area contributed by atoms with E-state index in [1.54, 1.807) is 0 Å². The average Bonchev–Trinajstić information content (AvgIpc) is 2.88. The van der Waals surface area contributed by atoms with Gasteiger partial charge in [-0.3, -0.25) is 0 Å². The summed E-state index contributed by atoms with van der Waals surface area (Å²) < 4.78 is 11.8. The summed E-state index contributed by atoms with van der Waals surface area (Å²) in [5, 5.41) is 9.96. The molecule has 34 heavy (non-hydrogen) atoms. The normalized spacial score (nSPS) is 11.9. The van der Waals surface area contributed by atoms with Gasteiger partial charge in [0.15, 0.2) is 0 Å². The standard InChI is InChI=1S/C29H41N3O2/c1-6-28(24-11-15-26(16-12-24)33-21-19-31(7-2)8-3)29(23-30)25-13-17-27(18-14-25)34-22-20-32(9-4)10-5/h11-18H,6-10,19-22H2,1-5H3/b29-28+. The summed E-state index contributed by atoms with van der Waals surface area (Å²) in [6.07, 6.45) is 0.771. The van der Waals surface area contributed by atoms with E-state index in [1.807, 2.05) is 48.5 Å². The van der Waals surface area contributed by atoms with E-state index in [2.05, 4.69) is 50.5 Å². The van der Waals surface area contributed by atoms with Crippen molar-refractivity contribution in [1.82, 2.24) is 9.80 Å². The van der Waals surface area contributed by atoms with Crippen LogP contribution in [0, 0.1) is 11.3 Å². The zero-order valence-electron chi connectivity index (χ0n) is 21.6. The Labute approximate surface area is 206 Å². The summed E-state index contributed by atoms with van der Waals surface area (Å²) in [6.45, 7) is 18.0. The Bertz CT molecular complexity index is 906. The first-order valence-electron chi connectivity index (χ1n) is 12.6. The number of rotatable bonds is 15. The zero-order chi connectivity index (χ0) is 24.8. The Kier molecular flexibility index (Phi) is 12.2. The second kappa shape index (κ2) is 15.2. The van der Waals surface area contributed by atoms with Crippen LogP contribution in [0.5, 0.6) is 11.5 Å². The Hall–Kier alpha value is -2.81. The van der Waals surface area contributed by atoms with Crippen LogP contribution in [0.15, 0.2) is 48.5 Å². The van der Waals surface area contributed by atoms with Gasteiger partial charge in [0.1, 0.15) is 30.8 Å². The minimum Gasteiger partial charge on any atom is -0.492 e.